The van der Waals surface area contributed by atoms with Crippen LogP contribution in [0.3, 0.4) is 0 Å². The molecule has 3 aromatic rings. The molecule has 1 spiro atoms. The molecule has 0 amide bonds. The number of hydrogen-bond acceptors (Lipinski definition) is 11. The molecule has 0 bridgehead atoms. The van der Waals surface area contributed by atoms with E-state index < -0.39 is 0 Å². The van der Waals surface area contributed by atoms with Crippen LogP contribution in [0.1, 0.15) is 43.9 Å². The first kappa shape index (κ1) is 25.5. The van der Waals surface area contributed by atoms with Crippen LogP contribution in [0.4, 0.5) is 11.1 Å². The molecule has 11 heteroatoms. The summed E-state index contributed by atoms with van der Waals surface area (Å²) in [7, 11) is 0. The molecule has 0 unspecified atom stereocenters. The van der Waals surface area contributed by atoms with Crippen LogP contribution in [0, 0.1) is 12.3 Å². The highest BCUT2D eigenvalue weighted by Crippen LogP contribution is 2.49. The lowest BCUT2D eigenvalue weighted by atomic mass is 9.62. The lowest BCUT2D eigenvalue weighted by Crippen LogP contribution is -2.47. The third-order valence-electron chi connectivity index (χ3n) is 7.98. The van der Waals surface area contributed by atoms with Crippen molar-refractivity contribution < 1.29 is 9.47 Å². The second-order valence-corrected chi connectivity index (χ2v) is 11.7. The summed E-state index contributed by atoms with van der Waals surface area (Å²) in [5.74, 6) is 0.542. The van der Waals surface area contributed by atoms with Crippen LogP contribution in [-0.4, -0.2) is 86.8 Å². The Bertz CT molecular complexity index is 1210. The number of nitrogens with zero attached hydrogens (tertiary/aromatic N) is 7. The van der Waals surface area contributed by atoms with Gasteiger partial charge in [-0.1, -0.05) is 18.3 Å². The molecule has 3 fully saturated rings. The Morgan fingerprint density at radius 3 is 2.50 bits per heavy atom. The van der Waals surface area contributed by atoms with Crippen molar-refractivity contribution in [1.29, 1.82) is 0 Å². The minimum Gasteiger partial charge on any atom is -0.460 e. The Morgan fingerprint density at radius 1 is 1.03 bits per heavy atom. The van der Waals surface area contributed by atoms with Gasteiger partial charge in [0.05, 0.1) is 10.6 Å². The number of aromatic nitrogens is 5. The maximum Gasteiger partial charge on any atom is 0.317 e. The molecule has 0 aromatic carbocycles. The highest BCUT2D eigenvalue weighted by Gasteiger charge is 2.46. The first-order chi connectivity index (χ1) is 18.6. The first-order valence-corrected chi connectivity index (χ1v) is 14.5. The van der Waals surface area contributed by atoms with E-state index in [9.17, 15) is 0 Å². The molecule has 1 saturated carbocycles. The number of anilines is 2. The van der Waals surface area contributed by atoms with E-state index in [4.69, 9.17) is 14.5 Å². The van der Waals surface area contributed by atoms with Gasteiger partial charge in [-0.05, 0) is 50.6 Å². The van der Waals surface area contributed by atoms with Gasteiger partial charge in [0.15, 0.2) is 5.13 Å². The normalized spacial score (nSPS) is 20.4. The van der Waals surface area contributed by atoms with Crippen molar-refractivity contribution in [3.8, 4) is 16.6 Å². The van der Waals surface area contributed by atoms with Gasteiger partial charge in [0.25, 0.3) is 0 Å². The summed E-state index contributed by atoms with van der Waals surface area (Å²) in [6, 6.07) is 2.42. The molecule has 0 atom stereocenters. The predicted octanol–water partition coefficient (Wildman–Crippen LogP) is 3.92. The van der Waals surface area contributed by atoms with Gasteiger partial charge in [-0.3, -0.25) is 4.90 Å². The van der Waals surface area contributed by atoms with Crippen molar-refractivity contribution in [2.24, 2.45) is 5.41 Å². The van der Waals surface area contributed by atoms with E-state index >= 15 is 0 Å². The fraction of sp³-hybridized carbons (Fsp3) is 0.593. The van der Waals surface area contributed by atoms with Gasteiger partial charge in [0, 0.05) is 75.8 Å². The van der Waals surface area contributed by atoms with Crippen molar-refractivity contribution >= 4 is 22.4 Å². The molecule has 0 radical (unpaired) electrons. The highest BCUT2D eigenvalue weighted by molar-refractivity contribution is 7.18. The lowest BCUT2D eigenvalue weighted by Gasteiger charge is -2.49. The molecular formula is C27H36N8O2S. The Hall–Kier alpha value is -2.73. The van der Waals surface area contributed by atoms with Crippen LogP contribution in [-0.2, 0) is 11.3 Å². The zero-order valence-electron chi connectivity index (χ0n) is 22.2. The molecule has 38 heavy (non-hydrogen) atoms. The molecule has 5 heterocycles. The van der Waals surface area contributed by atoms with Gasteiger partial charge < -0.3 is 19.7 Å². The minimum atomic E-state index is 0.183. The summed E-state index contributed by atoms with van der Waals surface area (Å²) in [6.07, 6.45) is 10.2. The van der Waals surface area contributed by atoms with Gasteiger partial charge in [-0.2, -0.15) is 4.98 Å². The number of rotatable bonds is 8. The molecule has 3 aliphatic rings. The van der Waals surface area contributed by atoms with E-state index in [0.717, 1.165) is 105 Å². The number of aryl methyl sites for hydroxylation is 1. The standard InChI is InChI=1S/C27H36N8O2S/c1-3-34-6-8-35(9-7-34)18-20-15-28-24(29-16-20)33-26-30-17-23(38-26)22-12-19(2)31-25(32-22)37-21-13-27(14-21)4-10-36-11-5-27/h12,15-17,21H,3-11,13-14,18H2,1-2H3,(H,28,29,30,33). The number of ether oxygens (including phenoxy) is 2. The summed E-state index contributed by atoms with van der Waals surface area (Å²) < 4.78 is 11.7. The molecule has 1 N–H and O–H groups in total. The van der Waals surface area contributed by atoms with Crippen molar-refractivity contribution in [1.82, 2.24) is 34.7 Å². The third kappa shape index (κ3) is 5.96. The highest BCUT2D eigenvalue weighted by atomic mass is 32.1. The Morgan fingerprint density at radius 2 is 1.76 bits per heavy atom. The van der Waals surface area contributed by atoms with Gasteiger partial charge in [-0.25, -0.2) is 19.9 Å². The molecule has 202 valence electrons. The second-order valence-electron chi connectivity index (χ2n) is 10.7. The number of nitrogens with one attached hydrogen (secondary N) is 1. The Kier molecular flexibility index (Phi) is 7.51. The average Bonchev–Trinajstić information content (AvgIpc) is 3.38. The zero-order chi connectivity index (χ0) is 26.0. The largest absolute Gasteiger partial charge is 0.460 e. The van der Waals surface area contributed by atoms with E-state index in [1.54, 1.807) is 0 Å². The van der Waals surface area contributed by atoms with E-state index in [0.29, 0.717) is 17.4 Å². The molecule has 2 aliphatic heterocycles. The lowest BCUT2D eigenvalue weighted by molar-refractivity contribution is -0.0880. The van der Waals surface area contributed by atoms with Crippen molar-refractivity contribution in [3.63, 3.8) is 0 Å². The second kappa shape index (κ2) is 11.2. The van der Waals surface area contributed by atoms with Gasteiger partial charge in [0.2, 0.25) is 5.95 Å². The van der Waals surface area contributed by atoms with Crippen LogP contribution in [0.25, 0.3) is 10.6 Å². The predicted molar refractivity (Wildman–Crippen MR) is 147 cm³/mol. The summed E-state index contributed by atoms with van der Waals surface area (Å²) >= 11 is 1.51. The number of piperazine rings is 1. The van der Waals surface area contributed by atoms with E-state index in [-0.39, 0.29) is 6.10 Å². The summed E-state index contributed by atoms with van der Waals surface area (Å²) in [4.78, 5) is 28.7. The summed E-state index contributed by atoms with van der Waals surface area (Å²) in [6.45, 7) is 12.4. The Balaban J connectivity index is 1.04. The number of hydrogen-bond donors (Lipinski definition) is 1. The molecule has 1 aliphatic carbocycles. The van der Waals surface area contributed by atoms with E-state index in [1.165, 1.54) is 11.3 Å². The van der Waals surface area contributed by atoms with Crippen LogP contribution in [0.15, 0.2) is 24.7 Å². The van der Waals surface area contributed by atoms with Crippen molar-refractivity contribution in [2.75, 3.05) is 51.3 Å². The quantitative estimate of drug-likeness (QED) is 0.456. The first-order valence-electron chi connectivity index (χ1n) is 13.6. The number of likely N-dealkylation sites (N-methyl/N-ethyl adjacent to an activating group) is 1. The van der Waals surface area contributed by atoms with Crippen LogP contribution in [0.5, 0.6) is 6.01 Å². The van der Waals surface area contributed by atoms with E-state index in [2.05, 4.69) is 42.0 Å². The fourth-order valence-corrected chi connectivity index (χ4v) is 6.41. The Labute approximate surface area is 227 Å². The molecular weight excluding hydrogens is 500 g/mol. The third-order valence-corrected chi connectivity index (χ3v) is 8.92. The van der Waals surface area contributed by atoms with Crippen LogP contribution >= 0.6 is 11.3 Å². The molecule has 6 rings (SSSR count). The van der Waals surface area contributed by atoms with Gasteiger partial charge in [-0.15, -0.1) is 0 Å². The topological polar surface area (TPSA) is 101 Å². The SMILES string of the molecule is CCN1CCN(Cc2cnc(Nc3ncc(-c4cc(C)nc(OC5CC6(CCOCC6)C5)n4)s3)nc2)CC1. The fourth-order valence-electron chi connectivity index (χ4n) is 5.64. The smallest absolute Gasteiger partial charge is 0.317 e. The number of thiazole rings is 1. The monoisotopic (exact) mass is 536 g/mol. The molecule has 2 saturated heterocycles. The summed E-state index contributed by atoms with van der Waals surface area (Å²) in [5.41, 5.74) is 3.22. The van der Waals surface area contributed by atoms with Crippen molar-refractivity contribution in [3.05, 3.63) is 35.9 Å². The maximum absolute atomic E-state index is 6.18. The minimum absolute atomic E-state index is 0.183. The van der Waals surface area contributed by atoms with Crippen LogP contribution in [0.2, 0.25) is 0 Å². The zero-order valence-corrected chi connectivity index (χ0v) is 23.0. The van der Waals surface area contributed by atoms with E-state index in [1.807, 2.05) is 31.6 Å². The summed E-state index contributed by atoms with van der Waals surface area (Å²) in [5, 5.41) is 3.96. The molecule has 10 nitrogen and oxygen atoms in total. The van der Waals surface area contributed by atoms with Gasteiger partial charge in [0.1, 0.15) is 6.10 Å². The molecule has 3 aromatic heterocycles. The maximum atomic E-state index is 6.18. The van der Waals surface area contributed by atoms with Crippen molar-refractivity contribution in [2.45, 2.75) is 52.2 Å². The van der Waals surface area contributed by atoms with Gasteiger partial charge >= 0.3 is 6.01 Å². The van der Waals surface area contributed by atoms with Crippen LogP contribution < -0.4 is 10.1 Å². The average molecular weight is 537 g/mol.